The van der Waals surface area contributed by atoms with Gasteiger partial charge in [0.2, 0.25) is 0 Å². The summed E-state index contributed by atoms with van der Waals surface area (Å²) in [5.74, 6) is -0.347. The lowest BCUT2D eigenvalue weighted by Gasteiger charge is -2.18. The van der Waals surface area contributed by atoms with Crippen LogP contribution in [0.3, 0.4) is 0 Å². The second-order valence-electron chi connectivity index (χ2n) is 5.34. The van der Waals surface area contributed by atoms with Gasteiger partial charge in [0.1, 0.15) is 0 Å². The Labute approximate surface area is 114 Å². The quantitative estimate of drug-likeness (QED) is 0.824. The van der Waals surface area contributed by atoms with E-state index >= 15 is 0 Å². The van der Waals surface area contributed by atoms with E-state index in [9.17, 15) is 13.2 Å². The number of nitrogens with zero attached hydrogens (tertiary/aromatic N) is 1. The Hall–Kier alpha value is -1.27. The maximum absolute atomic E-state index is 12.0. The molecule has 0 saturated carbocycles. The van der Waals surface area contributed by atoms with Crippen molar-refractivity contribution in [2.75, 3.05) is 5.75 Å². The predicted molar refractivity (Wildman–Crippen MR) is 74.6 cm³/mol. The first-order chi connectivity index (χ1) is 8.67. The summed E-state index contributed by atoms with van der Waals surface area (Å²) >= 11 is 0. The van der Waals surface area contributed by atoms with Gasteiger partial charge in [-0.2, -0.15) is 0 Å². The minimum Gasteiger partial charge on any atom is -0.325 e. The van der Waals surface area contributed by atoms with Gasteiger partial charge in [-0.05, 0) is 32.9 Å². The highest BCUT2D eigenvalue weighted by Gasteiger charge is 2.29. The smallest absolute Gasteiger partial charge is 0.164 e. The molecule has 6 heteroatoms. The highest BCUT2D eigenvalue weighted by atomic mass is 32.2. The number of nitrogens with two attached hydrogens (primary N) is 1. The Morgan fingerprint density at radius 1 is 1.37 bits per heavy atom. The molecule has 1 aromatic heterocycles. The Morgan fingerprint density at radius 3 is 2.53 bits per heavy atom. The molecule has 0 bridgehead atoms. The van der Waals surface area contributed by atoms with Gasteiger partial charge >= 0.3 is 0 Å². The molecule has 0 spiro atoms. The van der Waals surface area contributed by atoms with Crippen molar-refractivity contribution in [2.24, 2.45) is 5.73 Å². The van der Waals surface area contributed by atoms with Gasteiger partial charge in [-0.25, -0.2) is 8.42 Å². The number of carbonyl (C=O) groups is 1. The van der Waals surface area contributed by atoms with Gasteiger partial charge in [-0.15, -0.1) is 0 Å². The summed E-state index contributed by atoms with van der Waals surface area (Å²) in [5.41, 5.74) is 6.52. The molecule has 0 aliphatic carbocycles. The van der Waals surface area contributed by atoms with Crippen LogP contribution >= 0.6 is 0 Å². The molecule has 0 unspecified atom stereocenters. The van der Waals surface area contributed by atoms with E-state index in [1.807, 2.05) is 0 Å². The fourth-order valence-electron chi connectivity index (χ4n) is 1.44. The number of sulfone groups is 1. The van der Waals surface area contributed by atoms with Gasteiger partial charge in [0.25, 0.3) is 0 Å². The molecule has 0 fully saturated rings. The Bertz CT molecular complexity index is 559. The maximum atomic E-state index is 12.0. The first-order valence-electron chi connectivity index (χ1n) is 6.08. The summed E-state index contributed by atoms with van der Waals surface area (Å²) in [6, 6.07) is 3.18. The Balaban J connectivity index is 2.76. The summed E-state index contributed by atoms with van der Waals surface area (Å²) in [6.07, 6.45) is 1.49. The van der Waals surface area contributed by atoms with Gasteiger partial charge in [-0.3, -0.25) is 9.78 Å². The average Bonchev–Trinajstić information content (AvgIpc) is 2.34. The third-order valence-electron chi connectivity index (χ3n) is 2.88. The molecule has 0 amide bonds. The zero-order chi connectivity index (χ0) is 14.7. The highest BCUT2D eigenvalue weighted by Crippen LogP contribution is 2.17. The lowest BCUT2D eigenvalue weighted by molar-refractivity contribution is 0.0988. The number of Topliss-reactive ketones (excluding diaryl/α,β-unsaturated/α-hetero) is 1. The molecule has 1 aromatic rings. The van der Waals surface area contributed by atoms with E-state index in [1.165, 1.54) is 6.20 Å². The number of carbonyl (C=O) groups excluding carboxylic acids is 1. The van der Waals surface area contributed by atoms with Crippen molar-refractivity contribution >= 4 is 15.6 Å². The SMILES string of the molecule is CC(C)(C)S(=O)(=O)CCC(=O)c1ccnc(CN)c1. The average molecular weight is 284 g/mol. The molecule has 2 N–H and O–H groups in total. The van der Waals surface area contributed by atoms with Crippen LogP contribution in [0.2, 0.25) is 0 Å². The molecule has 0 aliphatic rings. The molecule has 0 aliphatic heterocycles. The molecule has 19 heavy (non-hydrogen) atoms. The van der Waals surface area contributed by atoms with Crippen molar-refractivity contribution in [3.05, 3.63) is 29.6 Å². The highest BCUT2D eigenvalue weighted by molar-refractivity contribution is 7.92. The number of rotatable bonds is 5. The van der Waals surface area contributed by atoms with Crippen molar-refractivity contribution in [3.8, 4) is 0 Å². The maximum Gasteiger partial charge on any atom is 0.164 e. The predicted octanol–water partition coefficient (Wildman–Crippen LogP) is 1.33. The molecule has 106 valence electrons. The first kappa shape index (κ1) is 15.8. The molecule has 1 rings (SSSR count). The fraction of sp³-hybridized carbons (Fsp3) is 0.538. The van der Waals surface area contributed by atoms with Gasteiger partial charge in [0.15, 0.2) is 15.6 Å². The van der Waals surface area contributed by atoms with Crippen molar-refractivity contribution in [3.63, 3.8) is 0 Å². The Morgan fingerprint density at radius 2 is 2.00 bits per heavy atom. The number of ketones is 1. The molecule has 0 radical (unpaired) electrons. The van der Waals surface area contributed by atoms with Gasteiger partial charge in [-0.1, -0.05) is 0 Å². The lowest BCUT2D eigenvalue weighted by atomic mass is 10.1. The number of hydrogen-bond donors (Lipinski definition) is 1. The van der Waals surface area contributed by atoms with Gasteiger partial charge < -0.3 is 5.73 Å². The fourth-order valence-corrected chi connectivity index (χ4v) is 2.51. The third kappa shape index (κ3) is 4.11. The molecule has 0 atom stereocenters. The number of aromatic nitrogens is 1. The van der Waals surface area contributed by atoms with E-state index in [0.717, 1.165) is 0 Å². The normalized spacial score (nSPS) is 12.4. The van der Waals surface area contributed by atoms with Crippen LogP contribution < -0.4 is 5.73 Å². The van der Waals surface area contributed by atoms with Gasteiger partial charge in [0.05, 0.1) is 16.2 Å². The minimum atomic E-state index is -3.28. The van der Waals surface area contributed by atoms with E-state index < -0.39 is 14.6 Å². The van der Waals surface area contributed by atoms with Crippen LogP contribution in [-0.2, 0) is 16.4 Å². The van der Waals surface area contributed by atoms with Crippen molar-refractivity contribution in [1.29, 1.82) is 0 Å². The van der Waals surface area contributed by atoms with E-state index in [-0.39, 0.29) is 24.5 Å². The van der Waals surface area contributed by atoms with Crippen LogP contribution in [-0.4, -0.2) is 29.7 Å². The van der Waals surface area contributed by atoms with Crippen LogP contribution in [0, 0.1) is 0 Å². The molecule has 1 heterocycles. The van der Waals surface area contributed by atoms with E-state index in [4.69, 9.17) is 5.73 Å². The summed E-state index contributed by atoms with van der Waals surface area (Å²) in [6.45, 7) is 5.14. The molecule has 0 aromatic carbocycles. The third-order valence-corrected chi connectivity index (χ3v) is 5.49. The van der Waals surface area contributed by atoms with Crippen LogP contribution in [0.1, 0.15) is 43.2 Å². The van der Waals surface area contributed by atoms with Crippen molar-refractivity contribution in [1.82, 2.24) is 4.98 Å². The van der Waals surface area contributed by atoms with Crippen LogP contribution in [0.15, 0.2) is 18.3 Å². The largest absolute Gasteiger partial charge is 0.325 e. The van der Waals surface area contributed by atoms with Crippen LogP contribution in [0.5, 0.6) is 0 Å². The van der Waals surface area contributed by atoms with Crippen molar-refractivity contribution < 1.29 is 13.2 Å². The molecule has 5 nitrogen and oxygen atoms in total. The number of hydrogen-bond acceptors (Lipinski definition) is 5. The van der Waals surface area contributed by atoms with E-state index in [0.29, 0.717) is 11.3 Å². The van der Waals surface area contributed by atoms with Gasteiger partial charge in [0, 0.05) is 24.7 Å². The lowest BCUT2D eigenvalue weighted by Crippen LogP contribution is -2.31. The second kappa shape index (κ2) is 5.79. The number of pyridine rings is 1. The summed E-state index contributed by atoms with van der Waals surface area (Å²) in [5, 5.41) is 0. The van der Waals surface area contributed by atoms with Crippen LogP contribution in [0.4, 0.5) is 0 Å². The standard InChI is InChI=1S/C13H20N2O3S/c1-13(2,3)19(17,18)7-5-12(16)10-4-6-15-11(8-10)9-14/h4,6,8H,5,7,9,14H2,1-3H3. The van der Waals surface area contributed by atoms with Crippen molar-refractivity contribution in [2.45, 2.75) is 38.5 Å². The molecular weight excluding hydrogens is 264 g/mol. The summed E-state index contributed by atoms with van der Waals surface area (Å²) in [7, 11) is -3.28. The monoisotopic (exact) mass is 284 g/mol. The first-order valence-corrected chi connectivity index (χ1v) is 7.73. The second-order valence-corrected chi connectivity index (χ2v) is 8.21. The van der Waals surface area contributed by atoms with E-state index in [1.54, 1.807) is 32.9 Å². The zero-order valence-electron chi connectivity index (χ0n) is 11.5. The summed E-state index contributed by atoms with van der Waals surface area (Å²) in [4.78, 5) is 15.9. The minimum absolute atomic E-state index is 0.0202. The zero-order valence-corrected chi connectivity index (χ0v) is 12.3. The molecular formula is C13H20N2O3S. The molecule has 0 saturated heterocycles. The Kier molecular flexibility index (Phi) is 4.81. The summed E-state index contributed by atoms with van der Waals surface area (Å²) < 4.78 is 23.0. The van der Waals surface area contributed by atoms with Crippen LogP contribution in [0.25, 0.3) is 0 Å². The van der Waals surface area contributed by atoms with E-state index in [2.05, 4.69) is 4.98 Å². The topological polar surface area (TPSA) is 90.1 Å².